The molecule has 0 aliphatic carbocycles. The summed E-state index contributed by atoms with van der Waals surface area (Å²) in [7, 11) is 0. The van der Waals surface area contributed by atoms with E-state index in [2.05, 4.69) is 74.2 Å². The van der Waals surface area contributed by atoms with Crippen LogP contribution in [-0.2, 0) is 4.79 Å². The Kier molecular flexibility index (Phi) is 7.48. The number of ether oxygens (including phenoxy) is 1. The fraction of sp³-hybridized carbons (Fsp3) is 0.125. The summed E-state index contributed by atoms with van der Waals surface area (Å²) >= 11 is 13.3. The number of hydrogen-bond donors (Lipinski definition) is 2. The number of amides is 1. The van der Waals surface area contributed by atoms with Crippen LogP contribution in [0.2, 0.25) is 0 Å². The van der Waals surface area contributed by atoms with E-state index in [1.165, 1.54) is 6.21 Å². The Morgan fingerprint density at radius 2 is 1.92 bits per heavy atom. The molecule has 1 amide bonds. The molecule has 2 N–H and O–H groups in total. The number of carbonyl (C=O) groups is 1. The van der Waals surface area contributed by atoms with Gasteiger partial charge in [0.15, 0.2) is 6.61 Å². The van der Waals surface area contributed by atoms with Crippen LogP contribution in [0.3, 0.4) is 0 Å². The highest BCUT2D eigenvalue weighted by Crippen LogP contribution is 2.38. The van der Waals surface area contributed by atoms with Gasteiger partial charge >= 0.3 is 0 Å². The van der Waals surface area contributed by atoms with Crippen LogP contribution in [0, 0.1) is 6.92 Å². The molecule has 5 nitrogen and oxygen atoms in total. The summed E-state index contributed by atoms with van der Waals surface area (Å²) in [6, 6.07) is 7.27. The first-order chi connectivity index (χ1) is 11.8. The number of hydrazone groups is 1. The maximum absolute atomic E-state index is 11.8. The van der Waals surface area contributed by atoms with Gasteiger partial charge in [0.1, 0.15) is 11.5 Å². The summed E-state index contributed by atoms with van der Waals surface area (Å²) in [5, 5.41) is 13.8. The van der Waals surface area contributed by atoms with Gasteiger partial charge in [0.25, 0.3) is 5.91 Å². The number of nitrogens with zero attached hydrogens (tertiary/aromatic N) is 1. The van der Waals surface area contributed by atoms with Crippen LogP contribution in [0.25, 0.3) is 0 Å². The van der Waals surface area contributed by atoms with Gasteiger partial charge in [-0.05, 0) is 78.5 Å². The SMILES string of the molecule is Cc1ccc(OCC(=O)NN=Cc2c(Br)cc(Br)c(O)c2Br)c(Br)c1. The van der Waals surface area contributed by atoms with Crippen molar-refractivity contribution in [3.8, 4) is 11.5 Å². The van der Waals surface area contributed by atoms with Gasteiger partial charge in [0.05, 0.1) is 19.6 Å². The molecule has 0 unspecified atom stereocenters. The Morgan fingerprint density at radius 1 is 1.20 bits per heavy atom. The molecule has 9 heteroatoms. The van der Waals surface area contributed by atoms with E-state index in [0.717, 1.165) is 10.0 Å². The molecule has 0 atom stereocenters. The Morgan fingerprint density at radius 3 is 2.60 bits per heavy atom. The van der Waals surface area contributed by atoms with Crippen LogP contribution in [0.15, 0.2) is 47.3 Å². The fourth-order valence-corrected chi connectivity index (χ4v) is 4.71. The molecule has 2 aromatic carbocycles. The van der Waals surface area contributed by atoms with Crippen LogP contribution in [0.1, 0.15) is 11.1 Å². The highest BCUT2D eigenvalue weighted by atomic mass is 79.9. The molecule has 0 bridgehead atoms. The van der Waals surface area contributed by atoms with E-state index in [4.69, 9.17) is 4.74 Å². The van der Waals surface area contributed by atoms with Crippen molar-refractivity contribution in [2.24, 2.45) is 5.10 Å². The molecule has 0 heterocycles. The lowest BCUT2D eigenvalue weighted by Gasteiger charge is -2.08. The van der Waals surface area contributed by atoms with Gasteiger partial charge in [-0.15, -0.1) is 0 Å². The first-order valence-corrected chi connectivity index (χ1v) is 10.0. The second-order valence-corrected chi connectivity index (χ2v) is 8.29. The van der Waals surface area contributed by atoms with Gasteiger partial charge in [-0.1, -0.05) is 22.0 Å². The lowest BCUT2D eigenvalue weighted by molar-refractivity contribution is -0.123. The van der Waals surface area contributed by atoms with Crippen LogP contribution in [0.4, 0.5) is 0 Å². The second kappa shape index (κ2) is 9.16. The van der Waals surface area contributed by atoms with E-state index < -0.39 is 5.91 Å². The number of phenols is 1. The molecule has 132 valence electrons. The number of halogens is 4. The summed E-state index contributed by atoms with van der Waals surface area (Å²) in [5.74, 6) is 0.217. The van der Waals surface area contributed by atoms with Gasteiger partial charge in [-0.2, -0.15) is 5.10 Å². The van der Waals surface area contributed by atoms with E-state index in [-0.39, 0.29) is 12.4 Å². The molecule has 0 saturated carbocycles. The van der Waals surface area contributed by atoms with Crippen molar-refractivity contribution >= 4 is 75.8 Å². The number of benzene rings is 2. The second-order valence-electron chi connectivity index (χ2n) is 4.93. The lowest BCUT2D eigenvalue weighted by Crippen LogP contribution is -2.24. The van der Waals surface area contributed by atoms with Crippen molar-refractivity contribution in [3.05, 3.63) is 53.3 Å². The van der Waals surface area contributed by atoms with Crippen molar-refractivity contribution < 1.29 is 14.6 Å². The minimum atomic E-state index is -0.405. The third kappa shape index (κ3) is 5.54. The van der Waals surface area contributed by atoms with Crippen LogP contribution in [-0.4, -0.2) is 23.8 Å². The normalized spacial score (nSPS) is 10.9. The summed E-state index contributed by atoms with van der Waals surface area (Å²) in [6.45, 7) is 1.79. The highest BCUT2D eigenvalue weighted by Gasteiger charge is 2.12. The molecule has 0 aromatic heterocycles. The highest BCUT2D eigenvalue weighted by molar-refractivity contribution is 9.11. The number of phenolic OH excluding ortho intramolecular Hbond substituents is 1. The van der Waals surface area contributed by atoms with Gasteiger partial charge in [-0.25, -0.2) is 5.43 Å². The van der Waals surface area contributed by atoms with E-state index in [1.54, 1.807) is 12.1 Å². The van der Waals surface area contributed by atoms with Gasteiger partial charge in [-0.3, -0.25) is 4.79 Å². The smallest absolute Gasteiger partial charge is 0.277 e. The Balaban J connectivity index is 1.96. The predicted octanol–water partition coefficient (Wildman–Crippen LogP) is 5.28. The summed E-state index contributed by atoms with van der Waals surface area (Å²) < 4.78 is 7.90. The average molecular weight is 600 g/mol. The Hall–Kier alpha value is -0.900. The molecular formula is C16H12Br4N2O3. The molecule has 0 aliphatic heterocycles. The zero-order valence-corrected chi connectivity index (χ0v) is 19.2. The zero-order chi connectivity index (χ0) is 18.6. The number of nitrogens with one attached hydrogen (secondary N) is 1. The topological polar surface area (TPSA) is 70.9 Å². The van der Waals surface area contributed by atoms with Crippen molar-refractivity contribution in [1.29, 1.82) is 0 Å². The quantitative estimate of drug-likeness (QED) is 0.363. The third-order valence-electron chi connectivity index (χ3n) is 3.01. The molecule has 2 aromatic rings. The van der Waals surface area contributed by atoms with E-state index in [1.807, 2.05) is 19.1 Å². The van der Waals surface area contributed by atoms with Crippen LogP contribution in [0.5, 0.6) is 11.5 Å². The summed E-state index contributed by atoms with van der Waals surface area (Å²) in [5.41, 5.74) is 4.05. The van der Waals surface area contributed by atoms with Crippen LogP contribution >= 0.6 is 63.7 Å². The van der Waals surface area contributed by atoms with Crippen molar-refractivity contribution in [3.63, 3.8) is 0 Å². The van der Waals surface area contributed by atoms with Gasteiger partial charge < -0.3 is 9.84 Å². The predicted molar refractivity (Wildman–Crippen MR) is 111 cm³/mol. The van der Waals surface area contributed by atoms with Gasteiger partial charge in [0, 0.05) is 10.0 Å². The largest absolute Gasteiger partial charge is 0.506 e. The summed E-state index contributed by atoms with van der Waals surface area (Å²) in [6.07, 6.45) is 1.42. The molecule has 0 saturated heterocycles. The molecular weight excluding hydrogens is 588 g/mol. The van der Waals surface area contributed by atoms with E-state index in [0.29, 0.717) is 24.7 Å². The maximum Gasteiger partial charge on any atom is 0.277 e. The van der Waals surface area contributed by atoms with Crippen molar-refractivity contribution in [2.75, 3.05) is 6.61 Å². The minimum absolute atomic E-state index is 0.0449. The first kappa shape index (κ1) is 20.4. The number of aryl methyl sites for hydroxylation is 1. The minimum Gasteiger partial charge on any atom is -0.506 e. The number of hydrogen-bond acceptors (Lipinski definition) is 4. The van der Waals surface area contributed by atoms with Crippen molar-refractivity contribution in [1.82, 2.24) is 5.43 Å². The molecule has 2 rings (SSSR count). The van der Waals surface area contributed by atoms with Gasteiger partial charge in [0.2, 0.25) is 0 Å². The first-order valence-electron chi connectivity index (χ1n) is 6.87. The standard InChI is InChI=1S/C16H12Br4N2O3/c1-8-2-3-13(11(18)4-8)25-7-14(23)22-21-6-9-10(17)5-12(19)16(24)15(9)20/h2-6,24H,7H2,1H3,(H,22,23). The molecule has 0 radical (unpaired) electrons. The van der Waals surface area contributed by atoms with Crippen LogP contribution < -0.4 is 10.2 Å². The number of aromatic hydroxyl groups is 1. The summed E-state index contributed by atoms with van der Waals surface area (Å²) in [4.78, 5) is 11.8. The Bertz CT molecular complexity index is 841. The number of rotatable bonds is 5. The Labute approximate surface area is 178 Å². The van der Waals surface area contributed by atoms with E-state index in [9.17, 15) is 9.90 Å². The zero-order valence-electron chi connectivity index (χ0n) is 12.8. The number of carbonyl (C=O) groups excluding carboxylic acids is 1. The maximum atomic E-state index is 11.8. The lowest BCUT2D eigenvalue weighted by atomic mass is 10.2. The average Bonchev–Trinajstić information content (AvgIpc) is 2.55. The monoisotopic (exact) mass is 596 g/mol. The fourth-order valence-electron chi connectivity index (χ4n) is 1.78. The molecule has 0 aliphatic rings. The third-order valence-corrected chi connectivity index (χ3v) is 5.69. The molecule has 25 heavy (non-hydrogen) atoms. The molecule has 0 spiro atoms. The van der Waals surface area contributed by atoms with E-state index >= 15 is 0 Å². The van der Waals surface area contributed by atoms with Crippen molar-refractivity contribution in [2.45, 2.75) is 6.92 Å². The molecule has 0 fully saturated rings.